The summed E-state index contributed by atoms with van der Waals surface area (Å²) in [5.74, 6) is -0.428. The molecule has 0 aliphatic carbocycles. The first kappa shape index (κ1) is 16.7. The predicted molar refractivity (Wildman–Crippen MR) is 95.2 cm³/mol. The lowest BCUT2D eigenvalue weighted by Crippen LogP contribution is -2.12. The summed E-state index contributed by atoms with van der Waals surface area (Å²) in [4.78, 5) is 28.7. The van der Waals surface area contributed by atoms with E-state index in [1.54, 1.807) is 6.07 Å². The molecule has 0 radical (unpaired) electrons. The third-order valence-corrected chi connectivity index (χ3v) is 5.04. The van der Waals surface area contributed by atoms with Crippen molar-refractivity contribution in [1.29, 1.82) is 0 Å². The van der Waals surface area contributed by atoms with Crippen LogP contribution in [0.15, 0.2) is 35.3 Å². The monoisotopic (exact) mass is 362 g/mol. The average Bonchev–Trinajstić information content (AvgIpc) is 2.90. The molecular formula is C17H15ClN2O3S. The number of ether oxygens (including phenoxy) is 1. The Hall–Kier alpha value is -2.18. The second-order valence-corrected chi connectivity index (χ2v) is 6.77. The van der Waals surface area contributed by atoms with Gasteiger partial charge in [0.05, 0.1) is 19.2 Å². The first-order valence-corrected chi connectivity index (χ1v) is 8.57. The molecule has 1 aromatic heterocycles. The molecule has 1 aliphatic rings. The zero-order valence-corrected chi connectivity index (χ0v) is 14.5. The first-order valence-electron chi connectivity index (χ1n) is 7.37. The van der Waals surface area contributed by atoms with E-state index >= 15 is 0 Å². The van der Waals surface area contributed by atoms with Crippen LogP contribution < -0.4 is 5.32 Å². The summed E-state index contributed by atoms with van der Waals surface area (Å²) >= 11 is 7.74. The van der Waals surface area contributed by atoms with Crippen LogP contribution in [0.3, 0.4) is 0 Å². The molecule has 3 rings (SSSR count). The maximum absolute atomic E-state index is 11.9. The molecule has 0 bridgehead atoms. The number of amides is 1. The van der Waals surface area contributed by atoms with Crippen molar-refractivity contribution in [2.75, 3.05) is 19.0 Å². The van der Waals surface area contributed by atoms with E-state index in [4.69, 9.17) is 11.6 Å². The van der Waals surface area contributed by atoms with Crippen molar-refractivity contribution in [3.8, 4) is 0 Å². The van der Waals surface area contributed by atoms with Crippen molar-refractivity contribution < 1.29 is 14.3 Å². The maximum Gasteiger partial charge on any atom is 0.305 e. The number of carbonyl (C=O) groups is 2. The van der Waals surface area contributed by atoms with Crippen molar-refractivity contribution in [1.82, 2.24) is 0 Å². The van der Waals surface area contributed by atoms with Gasteiger partial charge in [-0.25, -0.2) is 0 Å². The van der Waals surface area contributed by atoms with E-state index in [1.165, 1.54) is 18.4 Å². The molecule has 1 aliphatic heterocycles. The normalized spacial score (nSPS) is 13.6. The fraction of sp³-hybridized carbons (Fsp3) is 0.235. The van der Waals surface area contributed by atoms with Crippen LogP contribution in [0.2, 0.25) is 5.02 Å². The van der Waals surface area contributed by atoms with Gasteiger partial charge >= 0.3 is 5.97 Å². The van der Waals surface area contributed by atoms with E-state index in [2.05, 4.69) is 15.0 Å². The zero-order chi connectivity index (χ0) is 17.1. The molecule has 0 atom stereocenters. The molecular weight excluding hydrogens is 348 g/mol. The van der Waals surface area contributed by atoms with Crippen molar-refractivity contribution in [2.24, 2.45) is 4.99 Å². The Labute approximate surface area is 148 Å². The molecule has 0 fully saturated rings. The van der Waals surface area contributed by atoms with E-state index in [9.17, 15) is 9.59 Å². The number of aryl methyl sites for hydroxylation is 1. The number of carbonyl (C=O) groups excluding carboxylic acids is 2. The van der Waals surface area contributed by atoms with Crippen molar-refractivity contribution in [2.45, 2.75) is 12.8 Å². The van der Waals surface area contributed by atoms with Crippen LogP contribution in [0.4, 0.5) is 5.00 Å². The third kappa shape index (κ3) is 3.49. The van der Waals surface area contributed by atoms with Crippen molar-refractivity contribution >= 4 is 45.5 Å². The number of methoxy groups -OCH3 is 1. The molecule has 2 heterocycles. The summed E-state index contributed by atoms with van der Waals surface area (Å²) in [6.07, 6.45) is 0.846. The Morgan fingerprint density at radius 3 is 2.92 bits per heavy atom. The number of nitrogens with one attached hydrogen (secondary N) is 1. The van der Waals surface area contributed by atoms with Gasteiger partial charge < -0.3 is 10.1 Å². The van der Waals surface area contributed by atoms with Gasteiger partial charge in [0.15, 0.2) is 0 Å². The van der Waals surface area contributed by atoms with Crippen LogP contribution in [0.5, 0.6) is 0 Å². The largest absolute Gasteiger partial charge is 0.469 e. The van der Waals surface area contributed by atoms with E-state index in [0.717, 1.165) is 21.0 Å². The van der Waals surface area contributed by atoms with Crippen LogP contribution >= 0.6 is 22.9 Å². The average molecular weight is 363 g/mol. The van der Waals surface area contributed by atoms with Gasteiger partial charge in [-0.2, -0.15) is 0 Å². The van der Waals surface area contributed by atoms with E-state index < -0.39 is 0 Å². The zero-order valence-electron chi connectivity index (χ0n) is 13.0. The summed E-state index contributed by atoms with van der Waals surface area (Å²) < 4.78 is 4.67. The molecule has 5 nitrogen and oxygen atoms in total. The maximum atomic E-state index is 11.9. The minimum absolute atomic E-state index is 0.0550. The number of halogens is 1. The fourth-order valence-corrected chi connectivity index (χ4v) is 3.75. The molecule has 2 aromatic rings. The van der Waals surface area contributed by atoms with E-state index in [0.29, 0.717) is 23.6 Å². The molecule has 0 saturated heterocycles. The van der Waals surface area contributed by atoms with Crippen LogP contribution in [0.1, 0.15) is 22.4 Å². The predicted octanol–water partition coefficient (Wildman–Crippen LogP) is 3.30. The summed E-state index contributed by atoms with van der Waals surface area (Å²) in [5.41, 5.74) is 2.31. The molecule has 0 saturated carbocycles. The molecule has 1 amide bonds. The quantitative estimate of drug-likeness (QED) is 0.848. The molecule has 0 unspecified atom stereocenters. The lowest BCUT2D eigenvalue weighted by atomic mass is 10.0. The topological polar surface area (TPSA) is 67.8 Å². The molecule has 1 aromatic carbocycles. The van der Waals surface area contributed by atoms with Gasteiger partial charge in [-0.3, -0.25) is 14.6 Å². The van der Waals surface area contributed by atoms with Gasteiger partial charge in [0.1, 0.15) is 11.5 Å². The minimum Gasteiger partial charge on any atom is -0.469 e. The highest BCUT2D eigenvalue weighted by molar-refractivity contribution is 7.16. The summed E-state index contributed by atoms with van der Waals surface area (Å²) in [5, 5.41) is 4.18. The lowest BCUT2D eigenvalue weighted by Gasteiger charge is -2.07. The number of thiophene rings is 1. The van der Waals surface area contributed by atoms with E-state index in [1.807, 2.05) is 24.3 Å². The Kier molecular flexibility index (Phi) is 4.97. The van der Waals surface area contributed by atoms with Crippen molar-refractivity contribution in [3.05, 3.63) is 51.4 Å². The smallest absolute Gasteiger partial charge is 0.305 e. The molecule has 7 heteroatoms. The van der Waals surface area contributed by atoms with Gasteiger partial charge in [-0.1, -0.05) is 29.8 Å². The fourth-order valence-electron chi connectivity index (χ4n) is 2.45. The van der Waals surface area contributed by atoms with Gasteiger partial charge in [0, 0.05) is 21.0 Å². The van der Waals surface area contributed by atoms with Crippen LogP contribution in [0, 0.1) is 0 Å². The summed E-state index contributed by atoms with van der Waals surface area (Å²) in [6, 6.07) is 9.36. The number of nitrogens with zero attached hydrogens (tertiary/aromatic N) is 1. The highest BCUT2D eigenvalue weighted by atomic mass is 35.5. The molecule has 124 valence electrons. The van der Waals surface area contributed by atoms with Crippen LogP contribution in [-0.4, -0.2) is 31.2 Å². The van der Waals surface area contributed by atoms with Gasteiger partial charge in [-0.05, 0) is 18.6 Å². The van der Waals surface area contributed by atoms with Gasteiger partial charge in [0.25, 0.3) is 0 Å². The minimum atomic E-state index is -0.261. The number of fused-ring (bicyclic) bond motifs is 1. The number of anilines is 1. The number of rotatable bonds is 4. The number of aliphatic imine (C=N–C) groups is 1. The van der Waals surface area contributed by atoms with Crippen LogP contribution in [0.25, 0.3) is 0 Å². The van der Waals surface area contributed by atoms with Crippen LogP contribution in [-0.2, 0) is 20.7 Å². The standard InChI is InChI=1S/C17H15ClN2O3S/c1-23-15(22)7-6-10-8-12-16(11-4-2-3-5-13(11)18)19-9-14(21)20-17(12)24-10/h2-5,8H,6-7,9H2,1H3,(H,20,21). The summed E-state index contributed by atoms with van der Waals surface area (Å²) in [7, 11) is 1.37. The highest BCUT2D eigenvalue weighted by Crippen LogP contribution is 2.34. The first-order chi connectivity index (χ1) is 11.6. The van der Waals surface area contributed by atoms with Crippen molar-refractivity contribution in [3.63, 3.8) is 0 Å². The Morgan fingerprint density at radius 2 is 2.17 bits per heavy atom. The molecule has 24 heavy (non-hydrogen) atoms. The molecule has 1 N–H and O–H groups in total. The summed E-state index contributed by atoms with van der Waals surface area (Å²) in [6.45, 7) is 0.0550. The third-order valence-electron chi connectivity index (χ3n) is 3.60. The number of benzene rings is 1. The lowest BCUT2D eigenvalue weighted by molar-refractivity contribution is -0.140. The second-order valence-electron chi connectivity index (χ2n) is 5.22. The number of esters is 1. The Bertz CT molecular complexity index is 829. The number of hydrogen-bond acceptors (Lipinski definition) is 5. The second kappa shape index (κ2) is 7.15. The number of hydrogen-bond donors (Lipinski definition) is 1. The highest BCUT2D eigenvalue weighted by Gasteiger charge is 2.22. The van der Waals surface area contributed by atoms with E-state index in [-0.39, 0.29) is 18.4 Å². The van der Waals surface area contributed by atoms with Gasteiger partial charge in [0.2, 0.25) is 5.91 Å². The Morgan fingerprint density at radius 1 is 1.38 bits per heavy atom. The molecule has 0 spiro atoms. The Balaban J connectivity index is 1.98. The van der Waals surface area contributed by atoms with Gasteiger partial charge in [-0.15, -0.1) is 11.3 Å². The SMILES string of the molecule is COC(=O)CCc1cc2c(s1)NC(=O)CN=C2c1ccccc1Cl.